The van der Waals surface area contributed by atoms with Gasteiger partial charge in [0.25, 0.3) is 0 Å². The minimum atomic E-state index is 0.993. The summed E-state index contributed by atoms with van der Waals surface area (Å²) in [5, 5.41) is 3.41. The average Bonchev–Trinajstić information content (AvgIpc) is 2.53. The van der Waals surface area contributed by atoms with E-state index in [1.165, 1.54) is 17.2 Å². The largest absolute Gasteiger partial charge is 0.495 e. The lowest BCUT2D eigenvalue weighted by Gasteiger charge is -2.06. The molecule has 0 aliphatic rings. The Bertz CT molecular complexity index is 450. The van der Waals surface area contributed by atoms with Gasteiger partial charge in [0, 0.05) is 10.1 Å². The van der Waals surface area contributed by atoms with Crippen molar-refractivity contribution in [2.45, 2.75) is 0 Å². The lowest BCUT2D eigenvalue weighted by molar-refractivity contribution is 0.409. The van der Waals surface area contributed by atoms with Crippen LogP contribution in [0, 0.1) is 7.14 Å². The smallest absolute Gasteiger partial charge is 0.146 e. The summed E-state index contributed by atoms with van der Waals surface area (Å²) >= 11 is 6.42. The van der Waals surface area contributed by atoms with Gasteiger partial charge in [-0.3, -0.25) is 0 Å². The van der Waals surface area contributed by atoms with E-state index in [4.69, 9.17) is 4.74 Å². The van der Waals surface area contributed by atoms with Gasteiger partial charge < -0.3 is 4.74 Å². The highest BCUT2D eigenvalue weighted by atomic mass is 127. The highest BCUT2D eigenvalue weighted by molar-refractivity contribution is 14.1. The molecule has 1 aromatic heterocycles. The molecule has 13 heavy (non-hydrogen) atoms. The molecule has 2 rings (SSSR count). The molecular formula is C9H6I2OS. The molecule has 0 unspecified atom stereocenters. The molecular weight excluding hydrogens is 410 g/mol. The van der Waals surface area contributed by atoms with E-state index in [9.17, 15) is 0 Å². The topological polar surface area (TPSA) is 9.23 Å². The molecule has 68 valence electrons. The molecule has 2 aromatic rings. The molecule has 0 fully saturated rings. The maximum absolute atomic E-state index is 5.34. The summed E-state index contributed by atoms with van der Waals surface area (Å²) in [5.74, 6) is 0.993. The fraction of sp³-hybridized carbons (Fsp3) is 0.111. The Morgan fingerprint density at radius 1 is 1.38 bits per heavy atom. The molecule has 1 aromatic carbocycles. The minimum absolute atomic E-state index is 0.993. The third kappa shape index (κ3) is 1.68. The van der Waals surface area contributed by atoms with Crippen molar-refractivity contribution >= 4 is 66.6 Å². The van der Waals surface area contributed by atoms with Gasteiger partial charge in [0.1, 0.15) is 5.75 Å². The van der Waals surface area contributed by atoms with Gasteiger partial charge in [-0.15, -0.1) is 11.3 Å². The Morgan fingerprint density at radius 3 is 2.85 bits per heavy atom. The second-order valence-corrected chi connectivity index (χ2v) is 5.73. The fourth-order valence-corrected chi connectivity index (χ4v) is 4.74. The van der Waals surface area contributed by atoms with E-state index in [0.717, 1.165) is 5.75 Å². The second kappa shape index (κ2) is 3.90. The number of benzene rings is 1. The molecule has 0 N–H and O–H groups in total. The van der Waals surface area contributed by atoms with Gasteiger partial charge in [-0.05, 0) is 62.7 Å². The highest BCUT2D eigenvalue weighted by Gasteiger charge is 2.10. The first-order chi connectivity index (χ1) is 6.24. The predicted molar refractivity (Wildman–Crippen MR) is 73.8 cm³/mol. The Morgan fingerprint density at radius 2 is 2.15 bits per heavy atom. The first-order valence-electron chi connectivity index (χ1n) is 3.63. The van der Waals surface area contributed by atoms with E-state index in [1.807, 2.05) is 0 Å². The molecule has 0 bridgehead atoms. The van der Waals surface area contributed by atoms with Crippen molar-refractivity contribution in [2.24, 2.45) is 0 Å². The molecule has 0 aliphatic heterocycles. The zero-order valence-electron chi connectivity index (χ0n) is 6.80. The van der Waals surface area contributed by atoms with Gasteiger partial charge >= 0.3 is 0 Å². The van der Waals surface area contributed by atoms with E-state index < -0.39 is 0 Å². The summed E-state index contributed by atoms with van der Waals surface area (Å²) in [6, 6.07) is 4.31. The second-order valence-electron chi connectivity index (χ2n) is 2.54. The number of hydrogen-bond acceptors (Lipinski definition) is 2. The molecule has 0 saturated heterocycles. The van der Waals surface area contributed by atoms with Gasteiger partial charge in [-0.2, -0.15) is 0 Å². The zero-order chi connectivity index (χ0) is 9.42. The minimum Gasteiger partial charge on any atom is -0.495 e. The standard InChI is InChI=1S/C9H6I2OS/c1-12-9-6(10)4-7-5(8(9)11)2-3-13-7/h2-4H,1H3. The summed E-state index contributed by atoms with van der Waals surface area (Å²) in [5.41, 5.74) is 0. The molecule has 0 aliphatic carbocycles. The van der Waals surface area contributed by atoms with Crippen molar-refractivity contribution in [2.75, 3.05) is 7.11 Å². The number of hydrogen-bond donors (Lipinski definition) is 0. The monoisotopic (exact) mass is 416 g/mol. The SMILES string of the molecule is COc1c(I)cc2sccc2c1I. The third-order valence-corrected chi connectivity index (χ3v) is 4.55. The van der Waals surface area contributed by atoms with Crippen LogP contribution in [0.4, 0.5) is 0 Å². The van der Waals surface area contributed by atoms with Crippen LogP contribution in [0.15, 0.2) is 17.5 Å². The van der Waals surface area contributed by atoms with Gasteiger partial charge in [0.05, 0.1) is 14.3 Å². The zero-order valence-corrected chi connectivity index (χ0v) is 11.9. The van der Waals surface area contributed by atoms with Crippen molar-refractivity contribution in [3.05, 3.63) is 24.7 Å². The summed E-state index contributed by atoms with van der Waals surface area (Å²) in [6.07, 6.45) is 0. The van der Waals surface area contributed by atoms with E-state index >= 15 is 0 Å². The van der Waals surface area contributed by atoms with Crippen LogP contribution in [-0.4, -0.2) is 7.11 Å². The Labute approximate surface area is 108 Å². The molecule has 1 nitrogen and oxygen atoms in total. The number of halogens is 2. The molecule has 0 amide bonds. The quantitative estimate of drug-likeness (QED) is 0.636. The molecule has 0 atom stereocenters. The van der Waals surface area contributed by atoms with E-state index in [1.54, 1.807) is 18.4 Å². The van der Waals surface area contributed by atoms with Crippen LogP contribution in [0.1, 0.15) is 0 Å². The van der Waals surface area contributed by atoms with Crippen molar-refractivity contribution in [3.8, 4) is 5.75 Å². The lowest BCUT2D eigenvalue weighted by atomic mass is 10.2. The predicted octanol–water partition coefficient (Wildman–Crippen LogP) is 4.12. The van der Waals surface area contributed by atoms with Crippen molar-refractivity contribution in [1.29, 1.82) is 0 Å². The normalized spacial score (nSPS) is 10.7. The number of ether oxygens (including phenoxy) is 1. The number of rotatable bonds is 1. The van der Waals surface area contributed by atoms with Crippen LogP contribution in [0.2, 0.25) is 0 Å². The number of methoxy groups -OCH3 is 1. The molecule has 0 saturated carbocycles. The Hall–Kier alpha value is 0.440. The molecule has 0 spiro atoms. The van der Waals surface area contributed by atoms with Crippen LogP contribution in [-0.2, 0) is 0 Å². The summed E-state index contributed by atoms with van der Waals surface area (Å²) < 4.78 is 9.06. The van der Waals surface area contributed by atoms with Gasteiger partial charge in [-0.25, -0.2) is 0 Å². The van der Waals surface area contributed by atoms with Crippen LogP contribution in [0.25, 0.3) is 10.1 Å². The summed E-state index contributed by atoms with van der Waals surface area (Å²) in [6.45, 7) is 0. The highest BCUT2D eigenvalue weighted by Crippen LogP contribution is 2.36. The Kier molecular flexibility index (Phi) is 2.99. The summed E-state index contributed by atoms with van der Waals surface area (Å²) in [4.78, 5) is 0. The first-order valence-corrected chi connectivity index (χ1v) is 6.67. The summed E-state index contributed by atoms with van der Waals surface area (Å²) in [7, 11) is 1.72. The average molecular weight is 416 g/mol. The first kappa shape index (κ1) is 9.97. The maximum Gasteiger partial charge on any atom is 0.146 e. The number of fused-ring (bicyclic) bond motifs is 1. The maximum atomic E-state index is 5.34. The van der Waals surface area contributed by atoms with Crippen LogP contribution in [0.5, 0.6) is 5.75 Å². The van der Waals surface area contributed by atoms with Crippen LogP contribution < -0.4 is 4.74 Å². The van der Waals surface area contributed by atoms with E-state index in [-0.39, 0.29) is 0 Å². The molecule has 4 heteroatoms. The van der Waals surface area contributed by atoms with Gasteiger partial charge in [0.2, 0.25) is 0 Å². The molecule has 1 heterocycles. The number of thiophene rings is 1. The van der Waals surface area contributed by atoms with Gasteiger partial charge in [-0.1, -0.05) is 0 Å². The fourth-order valence-electron chi connectivity index (χ4n) is 1.21. The van der Waals surface area contributed by atoms with Crippen molar-refractivity contribution < 1.29 is 4.74 Å². The molecule has 0 radical (unpaired) electrons. The van der Waals surface area contributed by atoms with Crippen molar-refractivity contribution in [1.82, 2.24) is 0 Å². The van der Waals surface area contributed by atoms with E-state index in [0.29, 0.717) is 0 Å². The van der Waals surface area contributed by atoms with Crippen molar-refractivity contribution in [3.63, 3.8) is 0 Å². The Balaban J connectivity index is 2.85. The van der Waals surface area contributed by atoms with Crippen LogP contribution in [0.3, 0.4) is 0 Å². The lowest BCUT2D eigenvalue weighted by Crippen LogP contribution is -1.90. The third-order valence-electron chi connectivity index (χ3n) is 1.81. The van der Waals surface area contributed by atoms with Gasteiger partial charge in [0.15, 0.2) is 0 Å². The van der Waals surface area contributed by atoms with Crippen LogP contribution >= 0.6 is 56.5 Å². The van der Waals surface area contributed by atoms with E-state index in [2.05, 4.69) is 62.7 Å².